The quantitative estimate of drug-likeness (QED) is 0.431. The fraction of sp³-hybridized carbons (Fsp3) is 0.259. The Morgan fingerprint density at radius 1 is 1.08 bits per heavy atom. The normalized spacial score (nSPS) is 16.5. The number of nitrogens with zero attached hydrogens (tertiary/aromatic N) is 4. The van der Waals surface area contributed by atoms with Crippen molar-refractivity contribution in [3.63, 3.8) is 0 Å². The van der Waals surface area contributed by atoms with Crippen LogP contribution in [0.15, 0.2) is 65.8 Å². The van der Waals surface area contributed by atoms with Gasteiger partial charge < -0.3 is 19.9 Å². The molecule has 0 bridgehead atoms. The lowest BCUT2D eigenvalue weighted by Gasteiger charge is -2.35. The van der Waals surface area contributed by atoms with Crippen LogP contribution in [0.5, 0.6) is 5.75 Å². The number of imidazole rings is 1. The fourth-order valence-electron chi connectivity index (χ4n) is 4.95. The summed E-state index contributed by atoms with van der Waals surface area (Å²) in [5.74, 6) is 0.286. The lowest BCUT2D eigenvalue weighted by atomic mass is 9.97. The molecule has 9 heteroatoms. The number of pyridine rings is 1. The van der Waals surface area contributed by atoms with Crippen LogP contribution in [0.1, 0.15) is 12.8 Å². The van der Waals surface area contributed by atoms with Gasteiger partial charge in [-0.25, -0.2) is 14.2 Å². The second-order valence-electron chi connectivity index (χ2n) is 9.61. The highest BCUT2D eigenvalue weighted by Crippen LogP contribution is 2.42. The molecule has 2 N–H and O–H groups in total. The molecule has 1 aliphatic heterocycles. The predicted molar refractivity (Wildman–Crippen MR) is 138 cm³/mol. The SMILES string of the molecule is Cn1ccn(-c2ccc(-c3cc(F)cc(-c4ccnc(N5CCNC6(CC6)C5)c4)c3O)cc2Cl)c1=O. The molecule has 2 fully saturated rings. The average molecular weight is 506 g/mol. The van der Waals surface area contributed by atoms with E-state index < -0.39 is 5.82 Å². The van der Waals surface area contributed by atoms with Crippen molar-refractivity contribution in [3.8, 4) is 33.7 Å². The molecule has 1 aliphatic carbocycles. The van der Waals surface area contributed by atoms with E-state index in [-0.39, 0.29) is 17.0 Å². The molecule has 1 saturated carbocycles. The van der Waals surface area contributed by atoms with E-state index in [2.05, 4.69) is 15.2 Å². The maximum absolute atomic E-state index is 14.8. The Morgan fingerprint density at radius 2 is 1.83 bits per heavy atom. The molecule has 0 amide bonds. The monoisotopic (exact) mass is 505 g/mol. The van der Waals surface area contributed by atoms with Gasteiger partial charge in [-0.2, -0.15) is 0 Å². The Kier molecular flexibility index (Phi) is 5.39. The van der Waals surface area contributed by atoms with Gasteiger partial charge in [-0.15, -0.1) is 0 Å². The number of hydrogen-bond acceptors (Lipinski definition) is 5. The Labute approximate surface area is 212 Å². The molecule has 4 aromatic rings. The zero-order valence-electron chi connectivity index (χ0n) is 19.7. The van der Waals surface area contributed by atoms with Crippen LogP contribution >= 0.6 is 11.6 Å². The van der Waals surface area contributed by atoms with Crippen LogP contribution in [-0.2, 0) is 7.05 Å². The van der Waals surface area contributed by atoms with Gasteiger partial charge in [-0.3, -0.25) is 4.57 Å². The van der Waals surface area contributed by atoms with E-state index in [0.29, 0.717) is 33.0 Å². The van der Waals surface area contributed by atoms with Crippen LogP contribution in [0.25, 0.3) is 27.9 Å². The Bertz CT molecular complexity index is 1540. The molecule has 0 unspecified atom stereocenters. The first-order chi connectivity index (χ1) is 17.3. The average Bonchev–Trinajstić information content (AvgIpc) is 3.54. The molecule has 0 radical (unpaired) electrons. The second kappa shape index (κ2) is 8.50. The van der Waals surface area contributed by atoms with Crippen molar-refractivity contribution in [3.05, 3.63) is 82.4 Å². The smallest absolute Gasteiger partial charge is 0.332 e. The molecule has 3 heterocycles. The minimum absolute atomic E-state index is 0.0479. The summed E-state index contributed by atoms with van der Waals surface area (Å²) in [6.45, 7) is 2.63. The summed E-state index contributed by atoms with van der Waals surface area (Å²) < 4.78 is 17.7. The molecule has 2 aromatic carbocycles. The van der Waals surface area contributed by atoms with Crippen molar-refractivity contribution in [2.24, 2.45) is 7.05 Å². The van der Waals surface area contributed by atoms with E-state index in [1.165, 1.54) is 21.3 Å². The van der Waals surface area contributed by atoms with Crippen molar-refractivity contribution in [2.45, 2.75) is 18.4 Å². The highest BCUT2D eigenvalue weighted by molar-refractivity contribution is 6.32. The fourth-order valence-corrected chi connectivity index (χ4v) is 5.22. The summed E-state index contributed by atoms with van der Waals surface area (Å²) in [5.41, 5.74) is 2.39. The van der Waals surface area contributed by atoms with E-state index in [1.807, 2.05) is 6.07 Å². The first-order valence-electron chi connectivity index (χ1n) is 11.9. The van der Waals surface area contributed by atoms with Gasteiger partial charge in [0.2, 0.25) is 0 Å². The number of rotatable bonds is 4. The standard InChI is InChI=1S/C27H25ClFN5O2/c1-32-10-11-34(26(32)36)23-3-2-17(12-22(23)28)20-14-19(29)15-21(25(20)35)18-4-7-30-24(13-18)33-9-8-31-27(16-33)5-6-27/h2-4,7,10-15,31,35H,5-6,8-9,16H2,1H3. The highest BCUT2D eigenvalue weighted by atomic mass is 35.5. The molecule has 2 aliphatic rings. The van der Waals surface area contributed by atoms with Gasteiger partial charge in [-0.1, -0.05) is 17.7 Å². The molecule has 2 aromatic heterocycles. The number of aryl methyl sites for hydroxylation is 1. The van der Waals surface area contributed by atoms with E-state index in [0.717, 1.165) is 38.3 Å². The lowest BCUT2D eigenvalue weighted by molar-refractivity contribution is 0.440. The van der Waals surface area contributed by atoms with Gasteiger partial charge in [0.1, 0.15) is 17.4 Å². The Hall–Kier alpha value is -3.62. The van der Waals surface area contributed by atoms with Crippen LogP contribution in [0.3, 0.4) is 0 Å². The van der Waals surface area contributed by atoms with Crippen LogP contribution in [0.4, 0.5) is 10.2 Å². The number of anilines is 1. The molecule has 0 atom stereocenters. The molecule has 7 nitrogen and oxygen atoms in total. The zero-order valence-corrected chi connectivity index (χ0v) is 20.5. The first kappa shape index (κ1) is 22.8. The van der Waals surface area contributed by atoms with Crippen molar-refractivity contribution in [1.82, 2.24) is 19.4 Å². The number of benzene rings is 2. The minimum Gasteiger partial charge on any atom is -0.507 e. The van der Waals surface area contributed by atoms with E-state index >= 15 is 0 Å². The van der Waals surface area contributed by atoms with Crippen LogP contribution in [-0.4, -0.2) is 44.4 Å². The van der Waals surface area contributed by atoms with Crippen molar-refractivity contribution in [2.75, 3.05) is 24.5 Å². The summed E-state index contributed by atoms with van der Waals surface area (Å²) >= 11 is 6.52. The van der Waals surface area contributed by atoms with Crippen molar-refractivity contribution >= 4 is 17.4 Å². The Balaban J connectivity index is 1.37. The summed E-state index contributed by atoms with van der Waals surface area (Å²) in [4.78, 5) is 19.1. The summed E-state index contributed by atoms with van der Waals surface area (Å²) in [7, 11) is 1.66. The molecule has 36 heavy (non-hydrogen) atoms. The van der Waals surface area contributed by atoms with Gasteiger partial charge in [0, 0.05) is 61.9 Å². The number of hydrogen-bond donors (Lipinski definition) is 2. The first-order valence-corrected chi connectivity index (χ1v) is 12.2. The van der Waals surface area contributed by atoms with Gasteiger partial charge >= 0.3 is 5.69 Å². The topological polar surface area (TPSA) is 75.3 Å². The van der Waals surface area contributed by atoms with E-state index in [1.54, 1.807) is 49.9 Å². The molecule has 184 valence electrons. The molecular formula is C27H25ClFN5O2. The Morgan fingerprint density at radius 3 is 2.50 bits per heavy atom. The number of phenols is 1. The van der Waals surface area contributed by atoms with Gasteiger partial charge in [0.25, 0.3) is 0 Å². The number of aromatic hydroxyl groups is 1. The number of nitrogens with one attached hydrogen (secondary N) is 1. The van der Waals surface area contributed by atoms with Crippen molar-refractivity contribution < 1.29 is 9.50 Å². The molecule has 1 spiro atoms. The number of aromatic nitrogens is 3. The zero-order chi connectivity index (χ0) is 25.0. The van der Waals surface area contributed by atoms with Gasteiger partial charge in [0.15, 0.2) is 0 Å². The van der Waals surface area contributed by atoms with Crippen LogP contribution in [0.2, 0.25) is 5.02 Å². The molecular weight excluding hydrogens is 481 g/mol. The van der Waals surface area contributed by atoms with Crippen LogP contribution in [0, 0.1) is 5.82 Å². The van der Waals surface area contributed by atoms with Gasteiger partial charge in [0.05, 0.1) is 10.7 Å². The molecule has 6 rings (SSSR count). The van der Waals surface area contributed by atoms with Crippen LogP contribution < -0.4 is 15.9 Å². The lowest BCUT2D eigenvalue weighted by Crippen LogP contribution is -2.52. The van der Waals surface area contributed by atoms with Gasteiger partial charge in [-0.05, 0) is 60.4 Å². The number of halogens is 2. The third-order valence-corrected chi connectivity index (χ3v) is 7.45. The summed E-state index contributed by atoms with van der Waals surface area (Å²) in [6, 6.07) is 11.3. The second-order valence-corrected chi connectivity index (χ2v) is 10.0. The predicted octanol–water partition coefficient (Wildman–Crippen LogP) is 4.35. The summed E-state index contributed by atoms with van der Waals surface area (Å²) in [6.07, 6.45) is 7.30. The summed E-state index contributed by atoms with van der Waals surface area (Å²) in [5, 5.41) is 15.1. The maximum Gasteiger partial charge on any atom is 0.332 e. The number of piperazine rings is 1. The third-order valence-electron chi connectivity index (χ3n) is 7.15. The largest absolute Gasteiger partial charge is 0.507 e. The third kappa shape index (κ3) is 3.96. The van der Waals surface area contributed by atoms with E-state index in [9.17, 15) is 14.3 Å². The van der Waals surface area contributed by atoms with E-state index in [4.69, 9.17) is 11.6 Å². The maximum atomic E-state index is 14.8. The highest BCUT2D eigenvalue weighted by Gasteiger charge is 2.45. The van der Waals surface area contributed by atoms with Crippen molar-refractivity contribution in [1.29, 1.82) is 0 Å². The number of phenolic OH excluding ortho intramolecular Hbond substituents is 1. The minimum atomic E-state index is -0.477. The molecule has 1 saturated heterocycles.